The standard InChI is InChI=1S/C15H19Cl2N/c16-11-4-7-15(17)14(8-11)13-3-1-2-10(13)9-18-12-5-6-12/h4,7-8,10,12-13,18H,1-3,5-6,9H2. The first-order valence-corrected chi connectivity index (χ1v) is 7.68. The highest BCUT2D eigenvalue weighted by Gasteiger charge is 2.31. The van der Waals surface area contributed by atoms with E-state index in [0.717, 1.165) is 28.5 Å². The minimum absolute atomic E-state index is 0.586. The van der Waals surface area contributed by atoms with E-state index in [9.17, 15) is 0 Å². The second kappa shape index (κ2) is 5.40. The molecule has 2 aliphatic rings. The number of hydrogen-bond donors (Lipinski definition) is 1. The molecule has 3 rings (SSSR count). The van der Waals surface area contributed by atoms with E-state index in [1.807, 2.05) is 12.1 Å². The van der Waals surface area contributed by atoms with Gasteiger partial charge in [-0.1, -0.05) is 29.6 Å². The Balaban J connectivity index is 1.73. The van der Waals surface area contributed by atoms with Crippen LogP contribution in [0.25, 0.3) is 0 Å². The van der Waals surface area contributed by atoms with Crippen molar-refractivity contribution in [2.24, 2.45) is 5.92 Å². The molecular weight excluding hydrogens is 265 g/mol. The zero-order chi connectivity index (χ0) is 12.5. The summed E-state index contributed by atoms with van der Waals surface area (Å²) in [7, 11) is 0. The van der Waals surface area contributed by atoms with Gasteiger partial charge in [0.25, 0.3) is 0 Å². The molecule has 0 amide bonds. The van der Waals surface area contributed by atoms with Gasteiger partial charge in [-0.25, -0.2) is 0 Å². The Morgan fingerprint density at radius 2 is 1.94 bits per heavy atom. The lowest BCUT2D eigenvalue weighted by atomic mass is 9.89. The van der Waals surface area contributed by atoms with E-state index in [0.29, 0.717) is 5.92 Å². The Kier molecular flexibility index (Phi) is 3.83. The van der Waals surface area contributed by atoms with Crippen molar-refractivity contribution in [2.75, 3.05) is 6.54 Å². The number of benzene rings is 1. The SMILES string of the molecule is Clc1ccc(Cl)c(C2CCCC2CNC2CC2)c1. The predicted octanol–water partition coefficient (Wildman–Crippen LogP) is 4.63. The lowest BCUT2D eigenvalue weighted by Gasteiger charge is -2.21. The smallest absolute Gasteiger partial charge is 0.0441 e. The topological polar surface area (TPSA) is 12.0 Å². The molecule has 2 aliphatic carbocycles. The highest BCUT2D eigenvalue weighted by molar-refractivity contribution is 6.33. The summed E-state index contributed by atoms with van der Waals surface area (Å²) in [5.74, 6) is 1.31. The van der Waals surface area contributed by atoms with Gasteiger partial charge >= 0.3 is 0 Å². The minimum atomic E-state index is 0.586. The van der Waals surface area contributed by atoms with Crippen molar-refractivity contribution in [3.8, 4) is 0 Å². The molecule has 3 heteroatoms. The molecule has 2 saturated carbocycles. The summed E-state index contributed by atoms with van der Waals surface area (Å²) in [5.41, 5.74) is 1.25. The van der Waals surface area contributed by atoms with Crippen LogP contribution in [0.2, 0.25) is 10.0 Å². The highest BCUT2D eigenvalue weighted by Crippen LogP contribution is 2.42. The van der Waals surface area contributed by atoms with Crippen LogP contribution in [0.5, 0.6) is 0 Å². The molecule has 18 heavy (non-hydrogen) atoms. The lowest BCUT2D eigenvalue weighted by molar-refractivity contribution is 0.443. The molecule has 0 spiro atoms. The van der Waals surface area contributed by atoms with Crippen molar-refractivity contribution >= 4 is 23.2 Å². The lowest BCUT2D eigenvalue weighted by Crippen LogP contribution is -2.26. The van der Waals surface area contributed by atoms with Gasteiger partial charge in [-0.15, -0.1) is 0 Å². The average Bonchev–Trinajstić information content (AvgIpc) is 3.08. The van der Waals surface area contributed by atoms with Crippen LogP contribution in [-0.4, -0.2) is 12.6 Å². The van der Waals surface area contributed by atoms with Crippen LogP contribution in [-0.2, 0) is 0 Å². The Hall–Kier alpha value is -0.240. The van der Waals surface area contributed by atoms with E-state index in [1.54, 1.807) is 0 Å². The van der Waals surface area contributed by atoms with Crippen LogP contribution in [0, 0.1) is 5.92 Å². The number of rotatable bonds is 4. The molecule has 2 atom stereocenters. The second-order valence-corrected chi connectivity index (χ2v) is 6.49. The fraction of sp³-hybridized carbons (Fsp3) is 0.600. The molecule has 1 nitrogen and oxygen atoms in total. The van der Waals surface area contributed by atoms with Gasteiger partial charge in [-0.3, -0.25) is 0 Å². The Morgan fingerprint density at radius 1 is 1.11 bits per heavy atom. The van der Waals surface area contributed by atoms with Crippen molar-refractivity contribution in [3.05, 3.63) is 33.8 Å². The van der Waals surface area contributed by atoms with Gasteiger partial charge in [-0.2, -0.15) is 0 Å². The summed E-state index contributed by atoms with van der Waals surface area (Å²) < 4.78 is 0. The molecule has 0 aliphatic heterocycles. The van der Waals surface area contributed by atoms with E-state index in [2.05, 4.69) is 11.4 Å². The fourth-order valence-electron chi connectivity index (χ4n) is 3.09. The van der Waals surface area contributed by atoms with Crippen molar-refractivity contribution in [2.45, 2.75) is 44.1 Å². The zero-order valence-electron chi connectivity index (χ0n) is 10.5. The summed E-state index contributed by atoms with van der Waals surface area (Å²) in [6.45, 7) is 1.14. The predicted molar refractivity (Wildman–Crippen MR) is 77.6 cm³/mol. The third-order valence-electron chi connectivity index (χ3n) is 4.26. The van der Waals surface area contributed by atoms with Crippen molar-refractivity contribution < 1.29 is 0 Å². The number of nitrogens with one attached hydrogen (secondary N) is 1. The molecule has 1 N–H and O–H groups in total. The monoisotopic (exact) mass is 283 g/mol. The van der Waals surface area contributed by atoms with E-state index >= 15 is 0 Å². The molecule has 2 fully saturated rings. The fourth-order valence-corrected chi connectivity index (χ4v) is 3.53. The van der Waals surface area contributed by atoms with Crippen LogP contribution in [0.3, 0.4) is 0 Å². The first kappa shape index (κ1) is 12.8. The molecule has 1 aromatic carbocycles. The Morgan fingerprint density at radius 3 is 2.72 bits per heavy atom. The average molecular weight is 284 g/mol. The van der Waals surface area contributed by atoms with Crippen molar-refractivity contribution in [1.82, 2.24) is 5.32 Å². The van der Waals surface area contributed by atoms with E-state index in [-0.39, 0.29) is 0 Å². The molecule has 0 saturated heterocycles. The summed E-state index contributed by atoms with van der Waals surface area (Å²) in [6.07, 6.45) is 6.58. The third-order valence-corrected chi connectivity index (χ3v) is 4.84. The van der Waals surface area contributed by atoms with Gasteiger partial charge in [0, 0.05) is 16.1 Å². The van der Waals surface area contributed by atoms with Gasteiger partial charge in [0.1, 0.15) is 0 Å². The molecule has 98 valence electrons. The molecular formula is C15H19Cl2N. The van der Waals surface area contributed by atoms with Gasteiger partial charge in [0.2, 0.25) is 0 Å². The quantitative estimate of drug-likeness (QED) is 0.850. The molecule has 2 unspecified atom stereocenters. The van der Waals surface area contributed by atoms with Crippen molar-refractivity contribution in [3.63, 3.8) is 0 Å². The maximum Gasteiger partial charge on any atom is 0.0441 e. The summed E-state index contributed by atoms with van der Waals surface area (Å²) >= 11 is 12.4. The van der Waals surface area contributed by atoms with Gasteiger partial charge in [0.15, 0.2) is 0 Å². The summed E-state index contributed by atoms with van der Waals surface area (Å²) in [4.78, 5) is 0. The van der Waals surface area contributed by atoms with Gasteiger partial charge < -0.3 is 5.32 Å². The van der Waals surface area contributed by atoms with E-state index in [4.69, 9.17) is 23.2 Å². The van der Waals surface area contributed by atoms with E-state index < -0.39 is 0 Å². The zero-order valence-corrected chi connectivity index (χ0v) is 12.0. The van der Waals surface area contributed by atoms with Crippen LogP contribution in [0.1, 0.15) is 43.6 Å². The normalized spacial score (nSPS) is 27.7. The molecule has 1 aromatic rings. The number of halogens is 2. The minimum Gasteiger partial charge on any atom is -0.314 e. The number of hydrogen-bond acceptors (Lipinski definition) is 1. The van der Waals surface area contributed by atoms with E-state index in [1.165, 1.54) is 37.7 Å². The summed E-state index contributed by atoms with van der Waals surface area (Å²) in [5, 5.41) is 5.33. The Bertz CT molecular complexity index is 429. The molecule has 0 bridgehead atoms. The summed E-state index contributed by atoms with van der Waals surface area (Å²) in [6, 6.07) is 6.66. The Labute approximate surface area is 119 Å². The highest BCUT2D eigenvalue weighted by atomic mass is 35.5. The van der Waals surface area contributed by atoms with Crippen LogP contribution < -0.4 is 5.32 Å². The van der Waals surface area contributed by atoms with Crippen LogP contribution in [0.15, 0.2) is 18.2 Å². The molecule has 0 radical (unpaired) electrons. The molecule has 0 aromatic heterocycles. The van der Waals surface area contributed by atoms with Crippen molar-refractivity contribution in [1.29, 1.82) is 0 Å². The van der Waals surface area contributed by atoms with Crippen LogP contribution in [0.4, 0.5) is 0 Å². The molecule has 0 heterocycles. The largest absolute Gasteiger partial charge is 0.314 e. The second-order valence-electron chi connectivity index (χ2n) is 5.65. The maximum atomic E-state index is 6.34. The first-order valence-electron chi connectivity index (χ1n) is 6.92. The third kappa shape index (κ3) is 2.84. The van der Waals surface area contributed by atoms with Crippen LogP contribution >= 0.6 is 23.2 Å². The first-order chi connectivity index (χ1) is 8.74. The van der Waals surface area contributed by atoms with Gasteiger partial charge in [0.05, 0.1) is 0 Å². The van der Waals surface area contributed by atoms with Gasteiger partial charge in [-0.05, 0) is 67.8 Å². The maximum absolute atomic E-state index is 6.34.